The average Bonchev–Trinajstić information content (AvgIpc) is 3.03. The second-order valence-electron chi connectivity index (χ2n) is 4.84. The van der Waals surface area contributed by atoms with E-state index in [1.165, 1.54) is 21.0 Å². The van der Waals surface area contributed by atoms with Gasteiger partial charge in [-0.1, -0.05) is 42.5 Å². The first-order valence-corrected chi connectivity index (χ1v) is 9.08. The zero-order valence-corrected chi connectivity index (χ0v) is 13.6. The van der Waals surface area contributed by atoms with Crippen molar-refractivity contribution in [1.29, 1.82) is 0 Å². The molecule has 0 unspecified atom stereocenters. The van der Waals surface area contributed by atoms with Gasteiger partial charge in [0.15, 0.2) is 0 Å². The number of thioether (sulfide) groups is 1. The fourth-order valence-corrected chi connectivity index (χ4v) is 3.43. The van der Waals surface area contributed by atoms with Crippen LogP contribution in [0.1, 0.15) is 10.6 Å². The van der Waals surface area contributed by atoms with Gasteiger partial charge in [0, 0.05) is 22.3 Å². The van der Waals surface area contributed by atoms with Crippen LogP contribution in [-0.2, 0) is 12.8 Å². The number of aromatic nitrogens is 1. The Morgan fingerprint density at radius 2 is 1.71 bits per heavy atom. The van der Waals surface area contributed by atoms with Crippen molar-refractivity contribution in [2.24, 2.45) is 0 Å². The summed E-state index contributed by atoms with van der Waals surface area (Å²) in [5.74, 6) is 0. The summed E-state index contributed by atoms with van der Waals surface area (Å²) in [6.45, 7) is 0. The third-order valence-electron chi connectivity index (χ3n) is 3.41. The molecule has 0 aliphatic heterocycles. The van der Waals surface area contributed by atoms with Gasteiger partial charge in [0.05, 0.1) is 10.7 Å². The SMILES string of the molecule is CSc1ccc(-c2csc(CCc3ccccc3)n2)cc1. The quantitative estimate of drug-likeness (QED) is 0.592. The summed E-state index contributed by atoms with van der Waals surface area (Å²) < 4.78 is 0. The van der Waals surface area contributed by atoms with E-state index in [4.69, 9.17) is 4.98 Å². The van der Waals surface area contributed by atoms with E-state index < -0.39 is 0 Å². The van der Waals surface area contributed by atoms with Crippen LogP contribution in [0.15, 0.2) is 64.9 Å². The normalized spacial score (nSPS) is 10.7. The second-order valence-corrected chi connectivity index (χ2v) is 6.66. The zero-order chi connectivity index (χ0) is 14.5. The lowest BCUT2D eigenvalue weighted by atomic mass is 10.1. The summed E-state index contributed by atoms with van der Waals surface area (Å²) in [5, 5.41) is 3.37. The first kappa shape index (κ1) is 14.4. The maximum absolute atomic E-state index is 4.76. The number of thiazole rings is 1. The summed E-state index contributed by atoms with van der Waals surface area (Å²) in [5.41, 5.74) is 3.67. The summed E-state index contributed by atoms with van der Waals surface area (Å²) in [7, 11) is 0. The van der Waals surface area contributed by atoms with Crippen molar-refractivity contribution in [3.63, 3.8) is 0 Å². The molecule has 2 aromatic carbocycles. The fraction of sp³-hybridized carbons (Fsp3) is 0.167. The van der Waals surface area contributed by atoms with Crippen LogP contribution >= 0.6 is 23.1 Å². The third-order valence-corrected chi connectivity index (χ3v) is 5.06. The maximum Gasteiger partial charge on any atom is 0.0935 e. The lowest BCUT2D eigenvalue weighted by molar-refractivity contribution is 0.945. The van der Waals surface area contributed by atoms with Crippen molar-refractivity contribution in [3.05, 3.63) is 70.5 Å². The molecule has 0 spiro atoms. The zero-order valence-electron chi connectivity index (χ0n) is 12.0. The van der Waals surface area contributed by atoms with E-state index in [1.54, 1.807) is 23.1 Å². The summed E-state index contributed by atoms with van der Waals surface area (Å²) in [6, 6.07) is 19.2. The Bertz CT molecular complexity index is 687. The summed E-state index contributed by atoms with van der Waals surface area (Å²) in [4.78, 5) is 6.05. The van der Waals surface area contributed by atoms with Gasteiger partial charge in [0.1, 0.15) is 0 Å². The predicted molar refractivity (Wildman–Crippen MR) is 93.2 cm³/mol. The van der Waals surface area contributed by atoms with E-state index in [0.717, 1.165) is 18.5 Å². The van der Waals surface area contributed by atoms with Crippen LogP contribution in [0, 0.1) is 0 Å². The molecule has 0 aliphatic rings. The molecular formula is C18H17NS2. The van der Waals surface area contributed by atoms with E-state index in [2.05, 4.69) is 66.2 Å². The molecule has 1 nitrogen and oxygen atoms in total. The van der Waals surface area contributed by atoms with Gasteiger partial charge in [-0.05, 0) is 30.4 Å². The van der Waals surface area contributed by atoms with Crippen LogP contribution in [0.25, 0.3) is 11.3 Å². The van der Waals surface area contributed by atoms with E-state index in [9.17, 15) is 0 Å². The highest BCUT2D eigenvalue weighted by atomic mass is 32.2. The van der Waals surface area contributed by atoms with Crippen molar-refractivity contribution < 1.29 is 0 Å². The number of nitrogens with zero attached hydrogens (tertiary/aromatic N) is 1. The molecule has 0 bridgehead atoms. The topological polar surface area (TPSA) is 12.9 Å². The van der Waals surface area contributed by atoms with Crippen molar-refractivity contribution >= 4 is 23.1 Å². The van der Waals surface area contributed by atoms with E-state index in [1.807, 2.05) is 0 Å². The predicted octanol–water partition coefficient (Wildman–Crippen LogP) is 5.32. The standard InChI is InChI=1S/C18H17NS2/c1-20-16-10-8-15(9-11-16)17-13-21-18(19-17)12-7-14-5-3-2-4-6-14/h2-6,8-11,13H,7,12H2,1H3. The molecule has 3 aromatic rings. The monoisotopic (exact) mass is 311 g/mol. The lowest BCUT2D eigenvalue weighted by Gasteiger charge is -1.99. The molecule has 21 heavy (non-hydrogen) atoms. The van der Waals surface area contributed by atoms with Gasteiger partial charge in [0.25, 0.3) is 0 Å². The smallest absolute Gasteiger partial charge is 0.0935 e. The molecule has 3 heteroatoms. The fourth-order valence-electron chi connectivity index (χ4n) is 2.22. The number of rotatable bonds is 5. The van der Waals surface area contributed by atoms with Gasteiger partial charge >= 0.3 is 0 Å². The molecule has 0 aliphatic carbocycles. The number of hydrogen-bond acceptors (Lipinski definition) is 3. The molecule has 3 rings (SSSR count). The van der Waals surface area contributed by atoms with Crippen LogP contribution in [0.2, 0.25) is 0 Å². The largest absolute Gasteiger partial charge is 0.241 e. The lowest BCUT2D eigenvalue weighted by Crippen LogP contribution is -1.90. The van der Waals surface area contributed by atoms with Gasteiger partial charge < -0.3 is 0 Å². The van der Waals surface area contributed by atoms with Crippen molar-refractivity contribution in [2.75, 3.05) is 6.26 Å². The number of benzene rings is 2. The first-order valence-electron chi connectivity index (χ1n) is 6.98. The van der Waals surface area contributed by atoms with Crippen LogP contribution in [0.5, 0.6) is 0 Å². The second kappa shape index (κ2) is 6.92. The Morgan fingerprint density at radius 1 is 0.952 bits per heavy atom. The molecule has 0 N–H and O–H groups in total. The molecule has 0 saturated heterocycles. The highest BCUT2D eigenvalue weighted by molar-refractivity contribution is 7.98. The van der Waals surface area contributed by atoms with E-state index in [0.29, 0.717) is 0 Å². The van der Waals surface area contributed by atoms with Gasteiger partial charge in [-0.2, -0.15) is 0 Å². The minimum absolute atomic E-state index is 1.01. The van der Waals surface area contributed by atoms with Crippen molar-refractivity contribution in [3.8, 4) is 11.3 Å². The van der Waals surface area contributed by atoms with Crippen LogP contribution < -0.4 is 0 Å². The number of aryl methyl sites for hydroxylation is 2. The molecule has 106 valence electrons. The molecule has 0 fully saturated rings. The van der Waals surface area contributed by atoms with Crippen LogP contribution in [-0.4, -0.2) is 11.2 Å². The van der Waals surface area contributed by atoms with Crippen molar-refractivity contribution in [2.45, 2.75) is 17.7 Å². The maximum atomic E-state index is 4.76. The Kier molecular flexibility index (Phi) is 4.73. The van der Waals surface area contributed by atoms with Crippen molar-refractivity contribution in [1.82, 2.24) is 4.98 Å². The highest BCUT2D eigenvalue weighted by Gasteiger charge is 2.05. The van der Waals surface area contributed by atoms with E-state index in [-0.39, 0.29) is 0 Å². The molecule has 1 heterocycles. The molecule has 1 aromatic heterocycles. The van der Waals surface area contributed by atoms with Gasteiger partial charge in [0.2, 0.25) is 0 Å². The molecular weight excluding hydrogens is 294 g/mol. The number of hydrogen-bond donors (Lipinski definition) is 0. The summed E-state index contributed by atoms with van der Waals surface area (Å²) in [6.07, 6.45) is 4.16. The summed E-state index contributed by atoms with van der Waals surface area (Å²) >= 11 is 3.52. The average molecular weight is 311 g/mol. The minimum atomic E-state index is 1.01. The van der Waals surface area contributed by atoms with Gasteiger partial charge in [-0.15, -0.1) is 23.1 Å². The Labute approximate surface area is 134 Å². The van der Waals surface area contributed by atoms with Crippen LogP contribution in [0.3, 0.4) is 0 Å². The molecule has 0 radical (unpaired) electrons. The minimum Gasteiger partial charge on any atom is -0.241 e. The Morgan fingerprint density at radius 3 is 2.43 bits per heavy atom. The van der Waals surface area contributed by atoms with Gasteiger partial charge in [-0.3, -0.25) is 0 Å². The van der Waals surface area contributed by atoms with E-state index >= 15 is 0 Å². The first-order chi connectivity index (χ1) is 10.3. The molecule has 0 amide bonds. The molecule has 0 atom stereocenters. The van der Waals surface area contributed by atoms with Crippen LogP contribution in [0.4, 0.5) is 0 Å². The highest BCUT2D eigenvalue weighted by Crippen LogP contribution is 2.25. The Hall–Kier alpha value is -1.58. The van der Waals surface area contributed by atoms with Gasteiger partial charge in [-0.25, -0.2) is 4.98 Å². The molecule has 0 saturated carbocycles. The third kappa shape index (κ3) is 3.74. The Balaban J connectivity index is 1.68.